The van der Waals surface area contributed by atoms with Gasteiger partial charge in [0.25, 0.3) is 5.91 Å². The third-order valence-electron chi connectivity index (χ3n) is 6.05. The molecule has 2 amide bonds. The molecule has 158 valence electrons. The van der Waals surface area contributed by atoms with Gasteiger partial charge in [-0.15, -0.1) is 0 Å². The summed E-state index contributed by atoms with van der Waals surface area (Å²) >= 11 is 3.48. The molecule has 0 aliphatic carbocycles. The molecule has 2 aliphatic heterocycles. The fourth-order valence-corrected chi connectivity index (χ4v) is 4.65. The summed E-state index contributed by atoms with van der Waals surface area (Å²) < 4.78 is 1.07. The lowest BCUT2D eigenvalue weighted by atomic mass is 10.0. The number of benzene rings is 2. The van der Waals surface area contributed by atoms with Gasteiger partial charge in [-0.05, 0) is 67.6 Å². The molecule has 2 aromatic carbocycles. The monoisotopic (exact) mass is 469 g/mol. The second kappa shape index (κ2) is 9.75. The standard InChI is InChI=1S/C24H28BrN3O2/c25-21-11-9-19(10-12-21)22-4-3-15-28(22)17-23(29)26-16-18-5-7-20(8-6-18)24(30)27-13-1-2-14-27/h5-12,22H,1-4,13-17H2,(H,26,29). The summed E-state index contributed by atoms with van der Waals surface area (Å²) in [5.74, 6) is 0.146. The third kappa shape index (κ3) is 5.10. The molecule has 30 heavy (non-hydrogen) atoms. The lowest BCUT2D eigenvalue weighted by molar-refractivity contribution is -0.122. The Labute approximate surface area is 186 Å². The van der Waals surface area contributed by atoms with Crippen LogP contribution in [0.3, 0.4) is 0 Å². The first kappa shape index (κ1) is 21.1. The highest BCUT2D eigenvalue weighted by Gasteiger charge is 2.27. The van der Waals surface area contributed by atoms with Crippen molar-refractivity contribution in [2.45, 2.75) is 38.3 Å². The Bertz CT molecular complexity index is 876. The van der Waals surface area contributed by atoms with Crippen molar-refractivity contribution in [3.63, 3.8) is 0 Å². The maximum Gasteiger partial charge on any atom is 0.253 e. The van der Waals surface area contributed by atoms with Gasteiger partial charge in [0.1, 0.15) is 0 Å². The molecule has 5 nitrogen and oxygen atoms in total. The van der Waals surface area contributed by atoms with Crippen molar-refractivity contribution in [3.8, 4) is 0 Å². The average Bonchev–Trinajstić information content (AvgIpc) is 3.45. The SMILES string of the molecule is O=C(CN1CCCC1c1ccc(Br)cc1)NCc1ccc(C(=O)N2CCCC2)cc1. The van der Waals surface area contributed by atoms with Gasteiger partial charge in [-0.3, -0.25) is 14.5 Å². The summed E-state index contributed by atoms with van der Waals surface area (Å²) in [4.78, 5) is 29.1. The van der Waals surface area contributed by atoms with E-state index in [9.17, 15) is 9.59 Å². The maximum absolute atomic E-state index is 12.5. The number of hydrogen-bond acceptors (Lipinski definition) is 3. The molecular formula is C24H28BrN3O2. The van der Waals surface area contributed by atoms with E-state index in [2.05, 4.69) is 50.4 Å². The van der Waals surface area contributed by atoms with Crippen LogP contribution in [-0.4, -0.2) is 47.8 Å². The Morgan fingerprint density at radius 3 is 2.33 bits per heavy atom. The molecule has 0 aromatic heterocycles. The first-order chi connectivity index (χ1) is 14.6. The highest BCUT2D eigenvalue weighted by atomic mass is 79.9. The highest BCUT2D eigenvalue weighted by Crippen LogP contribution is 2.32. The minimum Gasteiger partial charge on any atom is -0.351 e. The van der Waals surface area contributed by atoms with Crippen LogP contribution in [-0.2, 0) is 11.3 Å². The van der Waals surface area contributed by atoms with Gasteiger partial charge in [-0.2, -0.15) is 0 Å². The minimum atomic E-state index is 0.0382. The molecule has 0 radical (unpaired) electrons. The van der Waals surface area contributed by atoms with Crippen LogP contribution in [0.25, 0.3) is 0 Å². The van der Waals surface area contributed by atoms with Crippen LogP contribution < -0.4 is 5.32 Å². The van der Waals surface area contributed by atoms with Crippen LogP contribution in [0.5, 0.6) is 0 Å². The van der Waals surface area contributed by atoms with Gasteiger partial charge in [-0.25, -0.2) is 0 Å². The molecule has 2 aromatic rings. The number of carbonyl (C=O) groups excluding carboxylic acids is 2. The van der Waals surface area contributed by atoms with E-state index in [1.54, 1.807) is 0 Å². The quantitative estimate of drug-likeness (QED) is 0.691. The van der Waals surface area contributed by atoms with E-state index in [0.29, 0.717) is 19.1 Å². The van der Waals surface area contributed by atoms with Crippen molar-refractivity contribution in [1.82, 2.24) is 15.1 Å². The number of amides is 2. The Hall–Kier alpha value is -2.18. The molecule has 0 saturated carbocycles. The number of halogens is 1. The number of nitrogens with one attached hydrogen (secondary N) is 1. The van der Waals surface area contributed by atoms with E-state index in [1.165, 1.54) is 5.56 Å². The lowest BCUT2D eigenvalue weighted by Crippen LogP contribution is -2.36. The van der Waals surface area contributed by atoms with Gasteiger partial charge in [0, 0.05) is 35.7 Å². The second-order valence-electron chi connectivity index (χ2n) is 8.15. The summed E-state index contributed by atoms with van der Waals surface area (Å²) in [6.45, 7) is 3.55. The molecule has 2 fully saturated rings. The predicted octanol–water partition coefficient (Wildman–Crippen LogP) is 4.14. The molecule has 2 saturated heterocycles. The van der Waals surface area contributed by atoms with Crippen LogP contribution in [0.4, 0.5) is 0 Å². The van der Waals surface area contributed by atoms with Crippen molar-refractivity contribution in [2.75, 3.05) is 26.2 Å². The zero-order valence-electron chi connectivity index (χ0n) is 17.1. The van der Waals surface area contributed by atoms with Crippen LogP contribution in [0.15, 0.2) is 53.0 Å². The Kier molecular flexibility index (Phi) is 6.85. The van der Waals surface area contributed by atoms with Crippen LogP contribution in [0.1, 0.15) is 53.2 Å². The maximum atomic E-state index is 12.5. The summed E-state index contributed by atoms with van der Waals surface area (Å²) in [5.41, 5.74) is 3.00. The highest BCUT2D eigenvalue weighted by molar-refractivity contribution is 9.10. The summed E-state index contributed by atoms with van der Waals surface area (Å²) in [6.07, 6.45) is 4.38. The Balaban J connectivity index is 1.28. The molecule has 4 rings (SSSR count). The molecule has 1 unspecified atom stereocenters. The van der Waals surface area contributed by atoms with E-state index >= 15 is 0 Å². The molecule has 1 N–H and O–H groups in total. The predicted molar refractivity (Wildman–Crippen MR) is 121 cm³/mol. The normalized spacial score (nSPS) is 19.2. The minimum absolute atomic E-state index is 0.0382. The number of likely N-dealkylation sites (tertiary alicyclic amines) is 2. The molecular weight excluding hydrogens is 442 g/mol. The first-order valence-corrected chi connectivity index (χ1v) is 11.5. The lowest BCUT2D eigenvalue weighted by Gasteiger charge is -2.24. The van der Waals surface area contributed by atoms with E-state index < -0.39 is 0 Å². The van der Waals surface area contributed by atoms with E-state index in [0.717, 1.165) is 60.9 Å². The zero-order chi connectivity index (χ0) is 20.9. The van der Waals surface area contributed by atoms with Crippen LogP contribution in [0, 0.1) is 0 Å². The molecule has 1 atom stereocenters. The van der Waals surface area contributed by atoms with Gasteiger partial charge in [0.05, 0.1) is 6.54 Å². The Morgan fingerprint density at radius 2 is 1.63 bits per heavy atom. The topological polar surface area (TPSA) is 52.7 Å². The van der Waals surface area contributed by atoms with Crippen molar-refractivity contribution in [3.05, 3.63) is 69.7 Å². The molecule has 6 heteroatoms. The first-order valence-electron chi connectivity index (χ1n) is 10.7. The van der Waals surface area contributed by atoms with Crippen molar-refractivity contribution < 1.29 is 9.59 Å². The molecule has 2 aliphatic rings. The summed E-state index contributed by atoms with van der Waals surface area (Å²) in [7, 11) is 0. The third-order valence-corrected chi connectivity index (χ3v) is 6.58. The van der Waals surface area contributed by atoms with Crippen molar-refractivity contribution >= 4 is 27.7 Å². The fourth-order valence-electron chi connectivity index (χ4n) is 4.39. The summed E-state index contributed by atoms with van der Waals surface area (Å²) in [6, 6.07) is 16.3. The van der Waals surface area contributed by atoms with E-state index in [4.69, 9.17) is 0 Å². The van der Waals surface area contributed by atoms with Gasteiger partial charge in [0.2, 0.25) is 5.91 Å². The van der Waals surface area contributed by atoms with Gasteiger partial charge in [-0.1, -0.05) is 40.2 Å². The Morgan fingerprint density at radius 1 is 0.933 bits per heavy atom. The van der Waals surface area contributed by atoms with Crippen molar-refractivity contribution in [2.24, 2.45) is 0 Å². The smallest absolute Gasteiger partial charge is 0.253 e. The van der Waals surface area contributed by atoms with Crippen molar-refractivity contribution in [1.29, 1.82) is 0 Å². The number of rotatable bonds is 6. The van der Waals surface area contributed by atoms with Gasteiger partial charge >= 0.3 is 0 Å². The largest absolute Gasteiger partial charge is 0.351 e. The molecule has 2 heterocycles. The van der Waals surface area contributed by atoms with E-state index in [1.807, 2.05) is 29.2 Å². The van der Waals surface area contributed by atoms with Gasteiger partial charge < -0.3 is 10.2 Å². The van der Waals surface area contributed by atoms with Gasteiger partial charge in [0.15, 0.2) is 0 Å². The number of carbonyl (C=O) groups is 2. The number of hydrogen-bond donors (Lipinski definition) is 1. The molecule has 0 spiro atoms. The number of nitrogens with zero attached hydrogens (tertiary/aromatic N) is 2. The zero-order valence-corrected chi connectivity index (χ0v) is 18.7. The average molecular weight is 470 g/mol. The van der Waals surface area contributed by atoms with Crippen LogP contribution in [0.2, 0.25) is 0 Å². The van der Waals surface area contributed by atoms with Crippen LogP contribution >= 0.6 is 15.9 Å². The second-order valence-corrected chi connectivity index (χ2v) is 9.07. The van der Waals surface area contributed by atoms with E-state index in [-0.39, 0.29) is 11.8 Å². The summed E-state index contributed by atoms with van der Waals surface area (Å²) in [5, 5.41) is 3.03. The fraction of sp³-hybridized carbons (Fsp3) is 0.417. The molecule has 0 bridgehead atoms.